The van der Waals surface area contributed by atoms with Crippen LogP contribution in [-0.2, 0) is 11.8 Å². The zero-order valence-electron chi connectivity index (χ0n) is 9.51. The van der Waals surface area contributed by atoms with Crippen LogP contribution in [0.5, 0.6) is 0 Å². The monoisotopic (exact) mass is 208 g/mol. The standard InChI is InChI=1S/C10H16N4O/c1-5-10(3)9(15)11-7-6(2)13-14(4)8(7)12-10/h12H,5H2,1-4H3,(H,11,15). The van der Waals surface area contributed by atoms with E-state index in [1.807, 2.05) is 27.8 Å². The Hall–Kier alpha value is -1.52. The van der Waals surface area contributed by atoms with Gasteiger partial charge in [0, 0.05) is 7.05 Å². The third-order valence-electron chi connectivity index (χ3n) is 3.06. The van der Waals surface area contributed by atoms with Gasteiger partial charge in [-0.15, -0.1) is 0 Å². The summed E-state index contributed by atoms with van der Waals surface area (Å²) in [7, 11) is 1.87. The third-order valence-corrected chi connectivity index (χ3v) is 3.06. The first-order valence-electron chi connectivity index (χ1n) is 5.11. The number of aromatic nitrogens is 2. The van der Waals surface area contributed by atoms with E-state index in [1.54, 1.807) is 4.68 Å². The van der Waals surface area contributed by atoms with E-state index in [2.05, 4.69) is 15.7 Å². The molecule has 82 valence electrons. The molecule has 5 nitrogen and oxygen atoms in total. The summed E-state index contributed by atoms with van der Waals surface area (Å²) in [5.74, 6) is 0.894. The lowest BCUT2D eigenvalue weighted by Gasteiger charge is -2.33. The van der Waals surface area contributed by atoms with Gasteiger partial charge in [-0.1, -0.05) is 6.92 Å². The predicted molar refractivity (Wildman–Crippen MR) is 58.9 cm³/mol. The SMILES string of the molecule is CCC1(C)Nc2c(c(C)nn2C)NC1=O. The molecule has 5 heteroatoms. The summed E-state index contributed by atoms with van der Waals surface area (Å²) in [5, 5.41) is 10.4. The van der Waals surface area contributed by atoms with Gasteiger partial charge in [0.15, 0.2) is 0 Å². The second kappa shape index (κ2) is 2.98. The van der Waals surface area contributed by atoms with Crippen LogP contribution >= 0.6 is 0 Å². The molecule has 2 rings (SSSR count). The number of nitrogens with zero attached hydrogens (tertiary/aromatic N) is 2. The van der Waals surface area contributed by atoms with Crippen molar-refractivity contribution in [3.8, 4) is 0 Å². The molecule has 0 radical (unpaired) electrons. The highest BCUT2D eigenvalue weighted by Crippen LogP contribution is 2.33. The number of nitrogens with one attached hydrogen (secondary N) is 2. The van der Waals surface area contributed by atoms with E-state index in [1.165, 1.54) is 0 Å². The fourth-order valence-electron chi connectivity index (χ4n) is 1.77. The Morgan fingerprint density at radius 2 is 2.20 bits per heavy atom. The van der Waals surface area contributed by atoms with Gasteiger partial charge < -0.3 is 10.6 Å². The second-order valence-corrected chi connectivity index (χ2v) is 4.20. The molecule has 1 aromatic rings. The van der Waals surface area contributed by atoms with E-state index in [4.69, 9.17) is 0 Å². The van der Waals surface area contributed by atoms with Crippen molar-refractivity contribution < 1.29 is 4.79 Å². The lowest BCUT2D eigenvalue weighted by atomic mass is 9.95. The highest BCUT2D eigenvalue weighted by atomic mass is 16.2. The van der Waals surface area contributed by atoms with E-state index >= 15 is 0 Å². The van der Waals surface area contributed by atoms with Gasteiger partial charge in [0.2, 0.25) is 5.91 Å². The number of amides is 1. The number of carbonyl (C=O) groups excluding carboxylic acids is 1. The fourth-order valence-corrected chi connectivity index (χ4v) is 1.77. The Labute approximate surface area is 88.8 Å². The first kappa shape index (κ1) is 10.0. The van der Waals surface area contributed by atoms with Gasteiger partial charge >= 0.3 is 0 Å². The van der Waals surface area contributed by atoms with Gasteiger partial charge in [0.25, 0.3) is 0 Å². The molecule has 0 bridgehead atoms. The summed E-state index contributed by atoms with van der Waals surface area (Å²) in [6.45, 7) is 5.77. The molecule has 1 amide bonds. The van der Waals surface area contributed by atoms with Crippen molar-refractivity contribution in [3.05, 3.63) is 5.69 Å². The number of hydrogen-bond acceptors (Lipinski definition) is 3. The largest absolute Gasteiger partial charge is 0.355 e. The number of rotatable bonds is 1. The van der Waals surface area contributed by atoms with Crippen molar-refractivity contribution in [2.75, 3.05) is 10.6 Å². The summed E-state index contributed by atoms with van der Waals surface area (Å²) in [6.07, 6.45) is 0.739. The third kappa shape index (κ3) is 1.30. The molecule has 0 spiro atoms. The molecule has 15 heavy (non-hydrogen) atoms. The van der Waals surface area contributed by atoms with Crippen molar-refractivity contribution in [2.24, 2.45) is 7.05 Å². The molecule has 0 saturated carbocycles. The molecule has 0 saturated heterocycles. The van der Waals surface area contributed by atoms with Gasteiger partial charge in [-0.3, -0.25) is 9.48 Å². The van der Waals surface area contributed by atoms with Crippen LogP contribution in [0.4, 0.5) is 11.5 Å². The maximum absolute atomic E-state index is 11.9. The fraction of sp³-hybridized carbons (Fsp3) is 0.600. The minimum atomic E-state index is -0.534. The van der Waals surface area contributed by atoms with E-state index in [0.29, 0.717) is 0 Å². The van der Waals surface area contributed by atoms with Gasteiger partial charge in [0.1, 0.15) is 17.0 Å². The van der Waals surface area contributed by atoms with Crippen LogP contribution in [0.1, 0.15) is 26.0 Å². The van der Waals surface area contributed by atoms with E-state index < -0.39 is 5.54 Å². The minimum absolute atomic E-state index is 0.00796. The second-order valence-electron chi connectivity index (χ2n) is 4.20. The predicted octanol–water partition coefficient (Wildman–Crippen LogP) is 1.26. The normalized spacial score (nSPS) is 24.4. The molecule has 1 unspecified atom stereocenters. The molecular weight excluding hydrogens is 192 g/mol. The molecule has 0 aliphatic carbocycles. The lowest BCUT2D eigenvalue weighted by molar-refractivity contribution is -0.120. The Morgan fingerprint density at radius 3 is 2.80 bits per heavy atom. The first-order chi connectivity index (χ1) is 6.98. The number of hydrogen-bond donors (Lipinski definition) is 2. The van der Waals surface area contributed by atoms with Crippen molar-refractivity contribution in [2.45, 2.75) is 32.7 Å². The Balaban J connectivity index is 2.49. The van der Waals surface area contributed by atoms with Crippen molar-refractivity contribution in [1.29, 1.82) is 0 Å². The highest BCUT2D eigenvalue weighted by Gasteiger charge is 2.38. The molecule has 1 aliphatic heterocycles. The minimum Gasteiger partial charge on any atom is -0.355 e. The smallest absolute Gasteiger partial charge is 0.249 e. The van der Waals surface area contributed by atoms with Crippen LogP contribution in [0.3, 0.4) is 0 Å². The van der Waals surface area contributed by atoms with Crippen molar-refractivity contribution >= 4 is 17.4 Å². The summed E-state index contributed by atoms with van der Waals surface area (Å²) < 4.78 is 1.76. The highest BCUT2D eigenvalue weighted by molar-refractivity contribution is 6.05. The molecule has 2 heterocycles. The number of anilines is 2. The molecule has 1 atom stereocenters. The summed E-state index contributed by atoms with van der Waals surface area (Å²) in [6, 6.07) is 0. The van der Waals surface area contributed by atoms with E-state index in [-0.39, 0.29) is 5.91 Å². The van der Waals surface area contributed by atoms with Crippen LogP contribution in [0.15, 0.2) is 0 Å². The molecule has 0 fully saturated rings. The van der Waals surface area contributed by atoms with E-state index in [0.717, 1.165) is 23.6 Å². The van der Waals surface area contributed by atoms with Gasteiger partial charge in [-0.05, 0) is 20.3 Å². The summed E-state index contributed by atoms with van der Waals surface area (Å²) in [5.41, 5.74) is 1.10. The Kier molecular flexibility index (Phi) is 1.99. The zero-order valence-corrected chi connectivity index (χ0v) is 9.51. The number of fused-ring (bicyclic) bond motifs is 1. The van der Waals surface area contributed by atoms with Crippen LogP contribution < -0.4 is 10.6 Å². The zero-order chi connectivity index (χ0) is 11.2. The number of aryl methyl sites for hydroxylation is 2. The number of carbonyl (C=O) groups is 1. The Morgan fingerprint density at radius 1 is 1.53 bits per heavy atom. The quantitative estimate of drug-likeness (QED) is 0.730. The molecule has 2 N–H and O–H groups in total. The summed E-state index contributed by atoms with van der Waals surface area (Å²) in [4.78, 5) is 11.9. The molecule has 1 aliphatic rings. The lowest BCUT2D eigenvalue weighted by Crippen LogP contribution is -2.50. The topological polar surface area (TPSA) is 59.0 Å². The molecule has 0 aromatic carbocycles. The van der Waals surface area contributed by atoms with Gasteiger partial charge in [0.05, 0.1) is 5.69 Å². The maximum Gasteiger partial charge on any atom is 0.249 e. The average molecular weight is 208 g/mol. The van der Waals surface area contributed by atoms with Crippen LogP contribution in [0, 0.1) is 6.92 Å². The van der Waals surface area contributed by atoms with Crippen LogP contribution in [-0.4, -0.2) is 21.2 Å². The van der Waals surface area contributed by atoms with E-state index in [9.17, 15) is 4.79 Å². The van der Waals surface area contributed by atoms with Crippen LogP contribution in [0.2, 0.25) is 0 Å². The van der Waals surface area contributed by atoms with Crippen molar-refractivity contribution in [3.63, 3.8) is 0 Å². The van der Waals surface area contributed by atoms with Crippen LogP contribution in [0.25, 0.3) is 0 Å². The van der Waals surface area contributed by atoms with Gasteiger partial charge in [-0.25, -0.2) is 0 Å². The summed E-state index contributed by atoms with van der Waals surface area (Å²) >= 11 is 0. The Bertz CT molecular complexity index is 423. The van der Waals surface area contributed by atoms with Crippen molar-refractivity contribution in [1.82, 2.24) is 9.78 Å². The molecule has 1 aromatic heterocycles. The van der Waals surface area contributed by atoms with Gasteiger partial charge in [-0.2, -0.15) is 5.10 Å². The average Bonchev–Trinajstić information content (AvgIpc) is 2.44. The first-order valence-corrected chi connectivity index (χ1v) is 5.11. The maximum atomic E-state index is 11.9. The molecular formula is C10H16N4O.